The molecule has 1 heterocycles. The Bertz CT molecular complexity index is 168. The van der Waals surface area contributed by atoms with Crippen LogP contribution >= 0.6 is 0 Å². The van der Waals surface area contributed by atoms with Crippen molar-refractivity contribution in [2.24, 2.45) is 0 Å². The number of carbonyl (C=O) groups is 1. The highest BCUT2D eigenvalue weighted by Crippen LogP contribution is 2.07. The molecule has 0 aromatic heterocycles. The number of esters is 1. The van der Waals surface area contributed by atoms with E-state index in [0.717, 1.165) is 19.6 Å². The molecular weight excluding hydrogens is 180 g/mol. The zero-order valence-corrected chi connectivity index (χ0v) is 8.92. The van der Waals surface area contributed by atoms with Crippen LogP contribution in [0.3, 0.4) is 0 Å². The van der Waals surface area contributed by atoms with Gasteiger partial charge in [0.1, 0.15) is 6.61 Å². The Kier molecular flexibility index (Phi) is 5.56. The highest BCUT2D eigenvalue weighted by Gasteiger charge is 2.14. The Hall–Kier alpha value is -0.610. The van der Waals surface area contributed by atoms with Crippen LogP contribution in [-0.4, -0.2) is 50.7 Å². The van der Waals surface area contributed by atoms with Gasteiger partial charge >= 0.3 is 5.97 Å². The lowest BCUT2D eigenvalue weighted by Crippen LogP contribution is -2.35. The first kappa shape index (κ1) is 11.5. The molecule has 0 unspecified atom stereocenters. The van der Waals surface area contributed by atoms with Gasteiger partial charge in [-0.15, -0.1) is 0 Å². The van der Waals surface area contributed by atoms with Gasteiger partial charge in [-0.05, 0) is 33.0 Å². The van der Waals surface area contributed by atoms with Crippen molar-refractivity contribution in [2.45, 2.75) is 19.3 Å². The number of carbonyl (C=O) groups excluding carboxylic acids is 1. The van der Waals surface area contributed by atoms with Gasteiger partial charge in [0.05, 0.1) is 6.54 Å². The maximum Gasteiger partial charge on any atom is 0.320 e. The SMILES string of the molecule is CNCCOC(=O)CN1CCCCC1. The van der Waals surface area contributed by atoms with Crippen LogP contribution in [0.2, 0.25) is 0 Å². The summed E-state index contributed by atoms with van der Waals surface area (Å²) >= 11 is 0. The van der Waals surface area contributed by atoms with Crippen molar-refractivity contribution < 1.29 is 9.53 Å². The van der Waals surface area contributed by atoms with E-state index in [9.17, 15) is 4.79 Å². The lowest BCUT2D eigenvalue weighted by atomic mass is 10.1. The van der Waals surface area contributed by atoms with Gasteiger partial charge in [0, 0.05) is 6.54 Å². The van der Waals surface area contributed by atoms with E-state index in [1.165, 1.54) is 19.3 Å². The fourth-order valence-electron chi connectivity index (χ4n) is 1.61. The van der Waals surface area contributed by atoms with Crippen molar-refractivity contribution in [1.82, 2.24) is 10.2 Å². The summed E-state index contributed by atoms with van der Waals surface area (Å²) in [5.41, 5.74) is 0. The van der Waals surface area contributed by atoms with E-state index in [-0.39, 0.29) is 5.97 Å². The number of ether oxygens (including phenoxy) is 1. The molecule has 1 aliphatic heterocycles. The van der Waals surface area contributed by atoms with Gasteiger partial charge in [-0.2, -0.15) is 0 Å². The Labute approximate surface area is 85.6 Å². The van der Waals surface area contributed by atoms with E-state index >= 15 is 0 Å². The first-order chi connectivity index (χ1) is 6.83. The van der Waals surface area contributed by atoms with Gasteiger partial charge in [-0.3, -0.25) is 9.69 Å². The van der Waals surface area contributed by atoms with E-state index in [1.807, 2.05) is 7.05 Å². The van der Waals surface area contributed by atoms with E-state index in [2.05, 4.69) is 10.2 Å². The minimum Gasteiger partial charge on any atom is -0.463 e. The first-order valence-electron chi connectivity index (χ1n) is 5.35. The fraction of sp³-hybridized carbons (Fsp3) is 0.900. The Balaban J connectivity index is 2.06. The highest BCUT2D eigenvalue weighted by molar-refractivity contribution is 5.71. The van der Waals surface area contributed by atoms with Crippen LogP contribution in [0.4, 0.5) is 0 Å². The van der Waals surface area contributed by atoms with Crippen LogP contribution < -0.4 is 5.32 Å². The summed E-state index contributed by atoms with van der Waals surface area (Å²) in [7, 11) is 1.85. The summed E-state index contributed by atoms with van der Waals surface area (Å²) in [6.45, 7) is 3.75. The van der Waals surface area contributed by atoms with Crippen LogP contribution in [0.25, 0.3) is 0 Å². The summed E-state index contributed by atoms with van der Waals surface area (Å²) in [5, 5.41) is 2.94. The van der Waals surface area contributed by atoms with Crippen molar-refractivity contribution >= 4 is 5.97 Å². The van der Waals surface area contributed by atoms with Gasteiger partial charge < -0.3 is 10.1 Å². The van der Waals surface area contributed by atoms with Crippen LogP contribution in [0.15, 0.2) is 0 Å². The second-order valence-electron chi connectivity index (χ2n) is 3.66. The molecule has 0 aromatic carbocycles. The predicted molar refractivity (Wildman–Crippen MR) is 55.2 cm³/mol. The van der Waals surface area contributed by atoms with Crippen LogP contribution in [-0.2, 0) is 9.53 Å². The smallest absolute Gasteiger partial charge is 0.320 e. The molecule has 0 bridgehead atoms. The summed E-state index contributed by atoms with van der Waals surface area (Å²) in [5.74, 6) is -0.0952. The number of hydrogen-bond acceptors (Lipinski definition) is 4. The summed E-state index contributed by atoms with van der Waals surface area (Å²) in [6, 6.07) is 0. The topological polar surface area (TPSA) is 41.6 Å². The molecule has 82 valence electrons. The molecule has 1 saturated heterocycles. The van der Waals surface area contributed by atoms with Gasteiger partial charge in [-0.25, -0.2) is 0 Å². The lowest BCUT2D eigenvalue weighted by Gasteiger charge is -2.25. The molecule has 0 radical (unpaired) electrons. The zero-order chi connectivity index (χ0) is 10.2. The molecule has 1 N–H and O–H groups in total. The molecule has 0 atom stereocenters. The number of nitrogens with one attached hydrogen (secondary N) is 1. The van der Waals surface area contributed by atoms with Crippen molar-refractivity contribution in [3.05, 3.63) is 0 Å². The lowest BCUT2D eigenvalue weighted by molar-refractivity contribution is -0.145. The van der Waals surface area contributed by atoms with Crippen molar-refractivity contribution in [3.63, 3.8) is 0 Å². The van der Waals surface area contributed by atoms with Gasteiger partial charge in [0.2, 0.25) is 0 Å². The predicted octanol–water partition coefficient (Wildman–Crippen LogP) is 0.235. The van der Waals surface area contributed by atoms with Crippen molar-refractivity contribution in [3.8, 4) is 0 Å². The average molecular weight is 200 g/mol. The summed E-state index contributed by atoms with van der Waals surface area (Å²) in [4.78, 5) is 13.5. The maximum absolute atomic E-state index is 11.3. The van der Waals surface area contributed by atoms with Crippen LogP contribution in [0.5, 0.6) is 0 Å². The highest BCUT2D eigenvalue weighted by atomic mass is 16.5. The molecular formula is C10H20N2O2. The number of likely N-dealkylation sites (N-methyl/N-ethyl adjacent to an activating group) is 1. The monoisotopic (exact) mass is 200 g/mol. The molecule has 4 nitrogen and oxygen atoms in total. The standard InChI is InChI=1S/C10H20N2O2/c1-11-5-8-14-10(13)9-12-6-3-2-4-7-12/h11H,2-9H2,1H3. The van der Waals surface area contributed by atoms with E-state index in [4.69, 9.17) is 4.74 Å². The maximum atomic E-state index is 11.3. The summed E-state index contributed by atoms with van der Waals surface area (Å²) in [6.07, 6.45) is 3.72. The molecule has 0 amide bonds. The molecule has 0 aliphatic carbocycles. The second-order valence-corrected chi connectivity index (χ2v) is 3.66. The third kappa shape index (κ3) is 4.58. The molecule has 1 fully saturated rings. The van der Waals surface area contributed by atoms with Gasteiger partial charge in [-0.1, -0.05) is 6.42 Å². The molecule has 0 spiro atoms. The Morgan fingerprint density at radius 1 is 1.36 bits per heavy atom. The molecule has 0 aromatic rings. The van der Waals surface area contributed by atoms with Crippen molar-refractivity contribution in [1.29, 1.82) is 0 Å². The van der Waals surface area contributed by atoms with Crippen molar-refractivity contribution in [2.75, 3.05) is 39.8 Å². The Morgan fingerprint density at radius 3 is 2.71 bits per heavy atom. The summed E-state index contributed by atoms with van der Waals surface area (Å²) < 4.78 is 5.04. The van der Waals surface area contributed by atoms with Crippen LogP contribution in [0.1, 0.15) is 19.3 Å². The van der Waals surface area contributed by atoms with Gasteiger partial charge in [0.25, 0.3) is 0 Å². The fourth-order valence-corrected chi connectivity index (χ4v) is 1.61. The third-order valence-electron chi connectivity index (χ3n) is 2.42. The van der Waals surface area contributed by atoms with Gasteiger partial charge in [0.15, 0.2) is 0 Å². The first-order valence-corrected chi connectivity index (χ1v) is 5.35. The molecule has 0 saturated carbocycles. The second kappa shape index (κ2) is 6.79. The number of likely N-dealkylation sites (tertiary alicyclic amines) is 1. The number of rotatable bonds is 5. The zero-order valence-electron chi connectivity index (χ0n) is 8.92. The molecule has 14 heavy (non-hydrogen) atoms. The minimum atomic E-state index is -0.0952. The third-order valence-corrected chi connectivity index (χ3v) is 2.42. The quantitative estimate of drug-likeness (QED) is 0.510. The minimum absolute atomic E-state index is 0.0952. The van der Waals surface area contributed by atoms with E-state index in [0.29, 0.717) is 13.2 Å². The van der Waals surface area contributed by atoms with E-state index < -0.39 is 0 Å². The number of hydrogen-bond donors (Lipinski definition) is 1. The average Bonchev–Trinajstić information content (AvgIpc) is 2.20. The Morgan fingerprint density at radius 2 is 2.07 bits per heavy atom. The number of piperidine rings is 1. The van der Waals surface area contributed by atoms with E-state index in [1.54, 1.807) is 0 Å². The molecule has 4 heteroatoms. The van der Waals surface area contributed by atoms with Crippen LogP contribution in [0, 0.1) is 0 Å². The molecule has 1 aliphatic rings. The number of nitrogens with zero attached hydrogens (tertiary/aromatic N) is 1. The normalized spacial score (nSPS) is 18.1. The molecule has 1 rings (SSSR count). The largest absolute Gasteiger partial charge is 0.463 e.